The highest BCUT2D eigenvalue weighted by Crippen LogP contribution is 2.46. The topological polar surface area (TPSA) is 113 Å². The smallest absolute Gasteiger partial charge is 0.331 e. The average Bonchev–Trinajstić information content (AvgIpc) is 3.44. The third kappa shape index (κ3) is 4.64. The number of urea groups is 1. The Labute approximate surface area is 218 Å². The van der Waals surface area contributed by atoms with Crippen LogP contribution in [-0.4, -0.2) is 41.0 Å². The summed E-state index contributed by atoms with van der Waals surface area (Å²) in [5, 5.41) is 9.61. The number of carbonyl (C=O) groups is 3. The second-order valence-electron chi connectivity index (χ2n) is 9.53. The number of hydrogen-bond donors (Lipinski definition) is 3. The normalized spacial score (nSPS) is 18.6. The van der Waals surface area contributed by atoms with Gasteiger partial charge in [-0.15, -0.1) is 11.3 Å². The van der Waals surface area contributed by atoms with Crippen LogP contribution >= 0.6 is 11.3 Å². The summed E-state index contributed by atoms with van der Waals surface area (Å²) in [6.45, 7) is 9.36. The van der Waals surface area contributed by atoms with Crippen LogP contribution in [0.3, 0.4) is 0 Å². The summed E-state index contributed by atoms with van der Waals surface area (Å²) in [6, 6.07) is 6.68. The number of aromatic nitrogens is 1. The van der Waals surface area contributed by atoms with Crippen molar-refractivity contribution >= 4 is 56.5 Å². The number of nitrogens with zero attached hydrogens (tertiary/aromatic N) is 2. The molecule has 2 atom stereocenters. The van der Waals surface area contributed by atoms with Gasteiger partial charge in [0.05, 0.1) is 28.6 Å². The molecule has 0 bridgehead atoms. The summed E-state index contributed by atoms with van der Waals surface area (Å²) in [5.74, 6) is 0.176. The van der Waals surface area contributed by atoms with Crippen LogP contribution in [0.1, 0.15) is 48.3 Å². The highest BCUT2D eigenvalue weighted by molar-refractivity contribution is 7.21. The molecule has 9 nitrogen and oxygen atoms in total. The van der Waals surface area contributed by atoms with Crippen molar-refractivity contribution in [1.29, 1.82) is 0 Å². The van der Waals surface area contributed by atoms with E-state index in [2.05, 4.69) is 27.5 Å². The van der Waals surface area contributed by atoms with Gasteiger partial charge < -0.3 is 20.7 Å². The van der Waals surface area contributed by atoms with Crippen molar-refractivity contribution in [2.24, 2.45) is 0 Å². The van der Waals surface area contributed by atoms with Crippen LogP contribution in [0, 0.1) is 6.92 Å². The molecule has 2 unspecified atom stereocenters. The second kappa shape index (κ2) is 9.85. The number of hydrogen-bond acceptors (Lipinski definition) is 6. The number of carbonyl (C=O) groups excluding carboxylic acids is 3. The number of nitrogens with one attached hydrogen (secondary N) is 3. The van der Waals surface area contributed by atoms with Crippen LogP contribution < -0.4 is 25.6 Å². The Bertz CT molecular complexity index is 1420. The maximum absolute atomic E-state index is 13.4. The van der Waals surface area contributed by atoms with Crippen molar-refractivity contribution in [1.82, 2.24) is 15.6 Å². The molecule has 3 aromatic rings. The summed E-state index contributed by atoms with van der Waals surface area (Å²) in [6.07, 6.45) is 5.35. The molecule has 3 N–H and O–H groups in total. The first-order valence-corrected chi connectivity index (χ1v) is 13.1. The van der Waals surface area contributed by atoms with Gasteiger partial charge in [0.1, 0.15) is 15.5 Å². The number of benzene rings is 1. The maximum Gasteiger partial charge on any atom is 0.331 e. The maximum atomic E-state index is 13.4. The lowest BCUT2D eigenvalue weighted by Crippen LogP contribution is -2.48. The van der Waals surface area contributed by atoms with Gasteiger partial charge in [-0.25, -0.2) is 9.78 Å². The van der Waals surface area contributed by atoms with Crippen molar-refractivity contribution < 1.29 is 19.1 Å². The van der Waals surface area contributed by atoms with Gasteiger partial charge in [-0.3, -0.25) is 14.5 Å². The molecule has 0 spiro atoms. The molecule has 37 heavy (non-hydrogen) atoms. The molecule has 2 aromatic heterocycles. The van der Waals surface area contributed by atoms with E-state index in [0.717, 1.165) is 41.6 Å². The number of pyridine rings is 1. The molecule has 1 fully saturated rings. The molecule has 5 rings (SSSR count). The van der Waals surface area contributed by atoms with Gasteiger partial charge in [-0.1, -0.05) is 6.58 Å². The number of amides is 4. The zero-order chi connectivity index (χ0) is 26.3. The molecule has 2 aliphatic rings. The van der Waals surface area contributed by atoms with E-state index in [0.29, 0.717) is 21.1 Å². The molecule has 1 aromatic carbocycles. The molecule has 0 saturated heterocycles. The Morgan fingerprint density at radius 3 is 2.68 bits per heavy atom. The van der Waals surface area contributed by atoms with Crippen LogP contribution in [0.25, 0.3) is 10.2 Å². The molecule has 192 valence electrons. The Morgan fingerprint density at radius 2 is 1.97 bits per heavy atom. The molecule has 4 amide bonds. The first-order chi connectivity index (χ1) is 17.8. The summed E-state index contributed by atoms with van der Waals surface area (Å²) >= 11 is 1.24. The number of thiophene rings is 1. The Hall–Kier alpha value is -3.92. The monoisotopic (exact) mass is 519 g/mol. The lowest BCUT2D eigenvalue weighted by atomic mass is 10.1. The van der Waals surface area contributed by atoms with Gasteiger partial charge in [0.25, 0.3) is 5.91 Å². The van der Waals surface area contributed by atoms with Gasteiger partial charge in [0.15, 0.2) is 0 Å². The lowest BCUT2D eigenvalue weighted by molar-refractivity contribution is -0.117. The van der Waals surface area contributed by atoms with Crippen LogP contribution in [0.4, 0.5) is 21.9 Å². The molecule has 1 aliphatic heterocycles. The Morgan fingerprint density at radius 1 is 1.22 bits per heavy atom. The summed E-state index contributed by atoms with van der Waals surface area (Å²) in [4.78, 5) is 45.7. The third-order valence-electron chi connectivity index (χ3n) is 6.58. The van der Waals surface area contributed by atoms with E-state index in [1.165, 1.54) is 17.4 Å². The van der Waals surface area contributed by atoms with Crippen LogP contribution in [0.15, 0.2) is 43.1 Å². The minimum atomic E-state index is -0.356. The van der Waals surface area contributed by atoms with Crippen molar-refractivity contribution in [3.8, 4) is 5.75 Å². The van der Waals surface area contributed by atoms with Crippen LogP contribution in [-0.2, 0) is 4.79 Å². The molecule has 1 aliphatic carbocycles. The second-order valence-corrected chi connectivity index (χ2v) is 10.5. The summed E-state index contributed by atoms with van der Waals surface area (Å²) in [7, 11) is 0. The van der Waals surface area contributed by atoms with Gasteiger partial charge in [0, 0.05) is 18.3 Å². The van der Waals surface area contributed by atoms with Gasteiger partial charge in [-0.2, -0.15) is 0 Å². The predicted octanol–water partition coefficient (Wildman–Crippen LogP) is 5.03. The molecular formula is C27H29N5O4S. The highest BCUT2D eigenvalue weighted by Gasteiger charge is 2.35. The SMILES string of the molecule is C=CC(=O)NC1CCCC1NC(=O)c1sc2nccc3c2c1NC(=O)N3c1ccc(OC(C)C)cc1C. The predicted molar refractivity (Wildman–Crippen MR) is 145 cm³/mol. The standard InChI is InChI=1S/C27H29N5O4S/c1-5-21(33)29-17-7-6-8-18(17)30-25(34)24-23-22-20(11-12-28-26(22)37-24)32(27(35)31-23)19-10-9-16(13-15(19)4)36-14(2)3/h5,9-14,17-18H,1,6-8H2,2-4H3,(H,29,33)(H,30,34)(H,31,35). The first-order valence-electron chi connectivity index (χ1n) is 12.3. The molecular weight excluding hydrogens is 490 g/mol. The van der Waals surface area contributed by atoms with Gasteiger partial charge >= 0.3 is 6.03 Å². The number of ether oxygens (including phenoxy) is 1. The first kappa shape index (κ1) is 24.8. The third-order valence-corrected chi connectivity index (χ3v) is 7.68. The van der Waals surface area contributed by atoms with E-state index in [1.54, 1.807) is 17.2 Å². The quantitative estimate of drug-likeness (QED) is 0.379. The van der Waals surface area contributed by atoms with E-state index in [-0.39, 0.29) is 36.0 Å². The minimum absolute atomic E-state index is 0.0408. The molecule has 3 heterocycles. The minimum Gasteiger partial charge on any atom is -0.491 e. The van der Waals surface area contributed by atoms with Gasteiger partial charge in [0.2, 0.25) is 5.91 Å². The van der Waals surface area contributed by atoms with E-state index >= 15 is 0 Å². The summed E-state index contributed by atoms with van der Waals surface area (Å²) in [5.41, 5.74) is 2.72. The fourth-order valence-electron chi connectivity index (χ4n) is 4.99. The zero-order valence-corrected chi connectivity index (χ0v) is 21.8. The van der Waals surface area contributed by atoms with E-state index in [4.69, 9.17) is 4.74 Å². The zero-order valence-electron chi connectivity index (χ0n) is 21.0. The Balaban J connectivity index is 1.47. The number of aryl methyl sites for hydroxylation is 1. The fraction of sp³-hybridized carbons (Fsp3) is 0.333. The average molecular weight is 520 g/mol. The van der Waals surface area contributed by atoms with Crippen molar-refractivity contribution in [3.63, 3.8) is 0 Å². The number of rotatable bonds is 7. The molecule has 0 radical (unpaired) electrons. The Kier molecular flexibility index (Phi) is 6.59. The van der Waals surface area contributed by atoms with Crippen LogP contribution in [0.5, 0.6) is 5.75 Å². The number of anilines is 3. The lowest BCUT2D eigenvalue weighted by Gasteiger charge is -2.30. The van der Waals surface area contributed by atoms with Crippen molar-refractivity contribution in [2.45, 2.75) is 58.2 Å². The molecule has 10 heteroatoms. The van der Waals surface area contributed by atoms with E-state index < -0.39 is 0 Å². The molecule has 1 saturated carbocycles. The summed E-state index contributed by atoms with van der Waals surface area (Å²) < 4.78 is 5.80. The van der Waals surface area contributed by atoms with Crippen molar-refractivity contribution in [2.75, 3.05) is 10.2 Å². The fourth-order valence-corrected chi connectivity index (χ4v) is 6.01. The highest BCUT2D eigenvalue weighted by atomic mass is 32.1. The van der Waals surface area contributed by atoms with E-state index in [9.17, 15) is 14.4 Å². The van der Waals surface area contributed by atoms with Crippen LogP contribution in [0.2, 0.25) is 0 Å². The van der Waals surface area contributed by atoms with Gasteiger partial charge in [-0.05, 0) is 75.9 Å². The van der Waals surface area contributed by atoms with E-state index in [1.807, 2.05) is 39.0 Å². The largest absolute Gasteiger partial charge is 0.491 e. The van der Waals surface area contributed by atoms with Crippen molar-refractivity contribution in [3.05, 3.63) is 53.6 Å².